The van der Waals surface area contributed by atoms with E-state index in [-0.39, 0.29) is 11.6 Å². The van der Waals surface area contributed by atoms with E-state index in [1.54, 1.807) is 6.92 Å². The van der Waals surface area contributed by atoms with Gasteiger partial charge >= 0.3 is 0 Å². The maximum Gasteiger partial charge on any atom is 0.253 e. The third-order valence-corrected chi connectivity index (χ3v) is 3.87. The van der Waals surface area contributed by atoms with Crippen LogP contribution >= 0.6 is 0 Å². The lowest BCUT2D eigenvalue weighted by Crippen LogP contribution is -2.34. The van der Waals surface area contributed by atoms with E-state index in [0.29, 0.717) is 17.5 Å². The first kappa shape index (κ1) is 16.1. The van der Waals surface area contributed by atoms with Gasteiger partial charge in [-0.05, 0) is 31.0 Å². The van der Waals surface area contributed by atoms with Gasteiger partial charge in [-0.1, -0.05) is 30.3 Å². The Balaban J connectivity index is 1.71. The quantitative estimate of drug-likeness (QED) is 0.674. The number of aliphatic hydroxyl groups is 1. The number of rotatable bonds is 5. The van der Waals surface area contributed by atoms with Crippen LogP contribution in [0.2, 0.25) is 0 Å². The van der Waals surface area contributed by atoms with Crippen molar-refractivity contribution in [2.24, 2.45) is 0 Å². The van der Waals surface area contributed by atoms with Crippen LogP contribution in [-0.2, 0) is 0 Å². The highest BCUT2D eigenvalue weighted by Gasteiger charge is 2.18. The van der Waals surface area contributed by atoms with Crippen molar-refractivity contribution in [2.45, 2.75) is 25.5 Å². The molecule has 1 aromatic heterocycles. The van der Waals surface area contributed by atoms with Crippen molar-refractivity contribution in [1.82, 2.24) is 15.3 Å². The minimum atomic E-state index is -0.681. The molecule has 124 valence electrons. The van der Waals surface area contributed by atoms with E-state index in [9.17, 15) is 14.3 Å². The fourth-order valence-electron chi connectivity index (χ4n) is 2.69. The van der Waals surface area contributed by atoms with Gasteiger partial charge in [0.25, 0.3) is 5.91 Å². The van der Waals surface area contributed by atoms with Crippen molar-refractivity contribution in [3.05, 3.63) is 65.7 Å². The van der Waals surface area contributed by atoms with E-state index in [1.807, 2.05) is 30.3 Å². The van der Waals surface area contributed by atoms with Gasteiger partial charge in [-0.3, -0.25) is 4.79 Å². The molecule has 24 heavy (non-hydrogen) atoms. The minimum absolute atomic E-state index is 0.173. The van der Waals surface area contributed by atoms with Gasteiger partial charge in [0.15, 0.2) is 0 Å². The Hall–Kier alpha value is -2.73. The van der Waals surface area contributed by atoms with Crippen molar-refractivity contribution in [1.29, 1.82) is 0 Å². The number of fused-ring (bicyclic) bond motifs is 1. The molecule has 0 aliphatic rings. The fraction of sp³-hybridized carbons (Fsp3) is 0.222. The maximum atomic E-state index is 13.6. The molecule has 0 aliphatic carbocycles. The summed E-state index contributed by atoms with van der Waals surface area (Å²) in [5, 5.41) is 13.0. The number of benzene rings is 2. The van der Waals surface area contributed by atoms with Gasteiger partial charge in [0, 0.05) is 6.04 Å². The molecule has 2 atom stereocenters. The molecule has 3 aromatic rings. The lowest BCUT2D eigenvalue weighted by atomic mass is 10.0. The number of nitrogens with zero attached hydrogens (tertiary/aromatic N) is 1. The molecule has 0 spiro atoms. The zero-order chi connectivity index (χ0) is 17.1. The number of hydrogen-bond acceptors (Lipinski definition) is 3. The predicted molar refractivity (Wildman–Crippen MR) is 89.0 cm³/mol. The van der Waals surface area contributed by atoms with Crippen LogP contribution in [0.1, 0.15) is 35.4 Å². The molecular weight excluding hydrogens is 309 g/mol. The van der Waals surface area contributed by atoms with Gasteiger partial charge in [-0.15, -0.1) is 0 Å². The average molecular weight is 327 g/mol. The largest absolute Gasteiger partial charge is 0.388 e. The minimum Gasteiger partial charge on any atom is -0.388 e. The predicted octanol–water partition coefficient (Wildman–Crippen LogP) is 2.94. The number of aromatic amines is 1. The molecule has 1 heterocycles. The number of imidazole rings is 1. The Morgan fingerprint density at radius 3 is 2.83 bits per heavy atom. The van der Waals surface area contributed by atoms with Gasteiger partial charge in [0.05, 0.1) is 23.5 Å². The monoisotopic (exact) mass is 327 g/mol. The topological polar surface area (TPSA) is 78.0 Å². The van der Waals surface area contributed by atoms with Crippen molar-refractivity contribution in [3.8, 4) is 0 Å². The highest BCUT2D eigenvalue weighted by Crippen LogP contribution is 2.20. The maximum absolute atomic E-state index is 13.6. The molecule has 3 N–H and O–H groups in total. The first-order valence-corrected chi connectivity index (χ1v) is 7.71. The Labute approximate surface area is 138 Å². The molecule has 5 nitrogen and oxygen atoms in total. The van der Waals surface area contributed by atoms with Crippen molar-refractivity contribution < 1.29 is 14.3 Å². The summed E-state index contributed by atoms with van der Waals surface area (Å²) in [4.78, 5) is 19.3. The number of nitrogens with one attached hydrogen (secondary N) is 2. The highest BCUT2D eigenvalue weighted by molar-refractivity contribution is 6.04. The zero-order valence-electron chi connectivity index (χ0n) is 13.2. The molecule has 1 amide bonds. The summed E-state index contributed by atoms with van der Waals surface area (Å²) in [5.41, 5.74) is 1.85. The molecular formula is C18H18FN3O2. The van der Waals surface area contributed by atoms with Crippen molar-refractivity contribution >= 4 is 16.9 Å². The van der Waals surface area contributed by atoms with Crippen LogP contribution in [0, 0.1) is 5.82 Å². The third kappa shape index (κ3) is 3.44. The summed E-state index contributed by atoms with van der Waals surface area (Å²) >= 11 is 0. The molecule has 0 fully saturated rings. The van der Waals surface area contributed by atoms with Gasteiger partial charge in [0.1, 0.15) is 11.3 Å². The number of aliphatic hydroxyl groups excluding tert-OH is 1. The van der Waals surface area contributed by atoms with Gasteiger partial charge in [-0.25, -0.2) is 9.37 Å². The summed E-state index contributed by atoms with van der Waals surface area (Å²) in [6, 6.07) is 11.4. The van der Waals surface area contributed by atoms with E-state index >= 15 is 0 Å². The fourth-order valence-corrected chi connectivity index (χ4v) is 2.69. The molecule has 0 saturated carbocycles. The summed E-state index contributed by atoms with van der Waals surface area (Å²) in [6.07, 6.45) is 1.09. The summed E-state index contributed by atoms with van der Waals surface area (Å²) in [7, 11) is 0. The lowest BCUT2D eigenvalue weighted by Gasteiger charge is -2.18. The second-order valence-electron chi connectivity index (χ2n) is 5.79. The van der Waals surface area contributed by atoms with Crippen LogP contribution < -0.4 is 5.32 Å². The Morgan fingerprint density at radius 2 is 2.08 bits per heavy atom. The van der Waals surface area contributed by atoms with Gasteiger partial charge in [0.2, 0.25) is 0 Å². The number of carbonyl (C=O) groups is 1. The first-order valence-electron chi connectivity index (χ1n) is 7.71. The van der Waals surface area contributed by atoms with E-state index in [2.05, 4.69) is 15.3 Å². The number of amides is 1. The number of halogens is 1. The molecule has 0 radical (unpaired) electrons. The molecule has 0 aliphatic heterocycles. The Kier molecular flexibility index (Phi) is 4.57. The molecule has 0 saturated heterocycles. The van der Waals surface area contributed by atoms with Crippen LogP contribution in [0.3, 0.4) is 0 Å². The van der Waals surface area contributed by atoms with Crippen LogP contribution in [-0.4, -0.2) is 27.0 Å². The van der Waals surface area contributed by atoms with E-state index in [0.717, 1.165) is 5.56 Å². The number of carbonyl (C=O) groups excluding carboxylic acids is 1. The standard InChI is InChI=1S/C18H18FN3O2/c1-11(7-16(23)12-5-3-2-4-6-12)22-18(24)14-8-13(19)9-15-17(14)21-10-20-15/h2-6,8-11,16,23H,7H2,1H3,(H,20,21)(H,22,24). The first-order chi connectivity index (χ1) is 11.5. The normalized spacial score (nSPS) is 13.6. The third-order valence-electron chi connectivity index (χ3n) is 3.87. The summed E-state index contributed by atoms with van der Waals surface area (Å²) in [6.45, 7) is 1.80. The van der Waals surface area contributed by atoms with Crippen molar-refractivity contribution in [3.63, 3.8) is 0 Å². The Bertz CT molecular complexity index is 848. The van der Waals surface area contributed by atoms with E-state index < -0.39 is 17.8 Å². The average Bonchev–Trinajstić information content (AvgIpc) is 3.02. The van der Waals surface area contributed by atoms with Crippen LogP contribution in [0.25, 0.3) is 11.0 Å². The molecule has 3 rings (SSSR count). The van der Waals surface area contributed by atoms with E-state index in [4.69, 9.17) is 0 Å². The smallest absolute Gasteiger partial charge is 0.253 e. The molecule has 2 unspecified atom stereocenters. The number of hydrogen-bond donors (Lipinski definition) is 3. The molecule has 6 heteroatoms. The second kappa shape index (κ2) is 6.80. The van der Waals surface area contributed by atoms with Gasteiger partial charge < -0.3 is 15.4 Å². The van der Waals surface area contributed by atoms with E-state index in [1.165, 1.54) is 18.5 Å². The molecule has 2 aromatic carbocycles. The number of aromatic nitrogens is 2. The molecule has 0 bridgehead atoms. The van der Waals surface area contributed by atoms with Gasteiger partial charge in [-0.2, -0.15) is 0 Å². The Morgan fingerprint density at radius 1 is 1.33 bits per heavy atom. The van der Waals surface area contributed by atoms with Crippen LogP contribution in [0.15, 0.2) is 48.8 Å². The SMILES string of the molecule is CC(CC(O)c1ccccc1)NC(=O)c1cc(F)cc2[nH]cnc12. The zero-order valence-corrected chi connectivity index (χ0v) is 13.2. The summed E-state index contributed by atoms with van der Waals surface area (Å²) in [5.74, 6) is -0.923. The van der Waals surface area contributed by atoms with Crippen LogP contribution in [0.4, 0.5) is 4.39 Å². The summed E-state index contributed by atoms with van der Waals surface area (Å²) < 4.78 is 13.6. The van der Waals surface area contributed by atoms with Crippen molar-refractivity contribution in [2.75, 3.05) is 0 Å². The highest BCUT2D eigenvalue weighted by atomic mass is 19.1. The lowest BCUT2D eigenvalue weighted by molar-refractivity contribution is 0.0918. The van der Waals surface area contributed by atoms with Crippen LogP contribution in [0.5, 0.6) is 0 Å². The second-order valence-corrected chi connectivity index (χ2v) is 5.79. The number of H-pyrrole nitrogens is 1.